The lowest BCUT2D eigenvalue weighted by Gasteiger charge is -2.24. The fourth-order valence-electron chi connectivity index (χ4n) is 3.43. The molecule has 3 rings (SSSR count). The van der Waals surface area contributed by atoms with Crippen LogP contribution in [0.15, 0.2) is 48.5 Å². The zero-order chi connectivity index (χ0) is 18.7. The Labute approximate surface area is 157 Å². The molecule has 2 aromatic carbocycles. The molecule has 3 N–H and O–H groups in total. The van der Waals surface area contributed by atoms with Crippen LogP contribution in [0.4, 0.5) is 0 Å². The number of hydrogen-bond donors (Lipinski definition) is 3. The second kappa shape index (κ2) is 8.08. The summed E-state index contributed by atoms with van der Waals surface area (Å²) in [6.45, 7) is 0. The molecule has 0 heterocycles. The predicted octanol–water partition coefficient (Wildman–Crippen LogP) is 2.29. The molecule has 0 spiro atoms. The molecule has 1 amide bonds. The van der Waals surface area contributed by atoms with Gasteiger partial charge < -0.3 is 20.3 Å². The summed E-state index contributed by atoms with van der Waals surface area (Å²) in [5.41, 5.74) is 1.78. The summed E-state index contributed by atoms with van der Waals surface area (Å²) in [4.78, 5) is 12.4. The maximum Gasteiger partial charge on any atom is 0.224 e. The van der Waals surface area contributed by atoms with Gasteiger partial charge in [0, 0.05) is 10.9 Å². The van der Waals surface area contributed by atoms with Gasteiger partial charge in [-0.25, -0.2) is 0 Å². The topological polar surface area (TPSA) is 78.8 Å². The third-order valence-corrected chi connectivity index (χ3v) is 5.09. The number of methoxy groups -OCH3 is 1. The van der Waals surface area contributed by atoms with Gasteiger partial charge in [0.1, 0.15) is 11.9 Å². The molecule has 138 valence electrons. The molecule has 0 aromatic heterocycles. The van der Waals surface area contributed by atoms with Crippen molar-refractivity contribution in [1.82, 2.24) is 5.32 Å². The van der Waals surface area contributed by atoms with Gasteiger partial charge in [-0.2, -0.15) is 0 Å². The Morgan fingerprint density at radius 3 is 2.42 bits per heavy atom. The summed E-state index contributed by atoms with van der Waals surface area (Å²) in [5.74, 6) is 0.361. The highest BCUT2D eigenvalue weighted by Crippen LogP contribution is 2.36. The Balaban J connectivity index is 1.72. The Morgan fingerprint density at radius 2 is 1.81 bits per heavy atom. The number of aliphatic hydroxyl groups excluding tert-OH is 2. The van der Waals surface area contributed by atoms with Crippen molar-refractivity contribution in [3.63, 3.8) is 0 Å². The van der Waals surface area contributed by atoms with E-state index in [-0.39, 0.29) is 18.2 Å². The van der Waals surface area contributed by atoms with Crippen LogP contribution in [-0.2, 0) is 11.2 Å². The molecule has 0 saturated heterocycles. The number of halogens is 1. The Hall–Kier alpha value is -2.08. The van der Waals surface area contributed by atoms with Gasteiger partial charge in [0.15, 0.2) is 0 Å². The zero-order valence-electron chi connectivity index (χ0n) is 14.4. The summed E-state index contributed by atoms with van der Waals surface area (Å²) in [5, 5.41) is 23.9. The Bertz CT molecular complexity index is 747. The first-order valence-corrected chi connectivity index (χ1v) is 8.89. The van der Waals surface area contributed by atoms with E-state index in [2.05, 4.69) is 5.32 Å². The van der Waals surface area contributed by atoms with Crippen molar-refractivity contribution in [3.8, 4) is 5.75 Å². The van der Waals surface area contributed by atoms with Crippen LogP contribution in [0.2, 0.25) is 5.02 Å². The van der Waals surface area contributed by atoms with Crippen LogP contribution < -0.4 is 10.1 Å². The quantitative estimate of drug-likeness (QED) is 0.749. The number of ether oxygens (including phenoxy) is 1. The average Bonchev–Trinajstić information content (AvgIpc) is 2.92. The van der Waals surface area contributed by atoms with E-state index >= 15 is 0 Å². The van der Waals surface area contributed by atoms with Gasteiger partial charge >= 0.3 is 0 Å². The first-order chi connectivity index (χ1) is 12.5. The molecule has 0 bridgehead atoms. The highest BCUT2D eigenvalue weighted by molar-refractivity contribution is 6.30. The molecule has 5 nitrogen and oxygen atoms in total. The maximum atomic E-state index is 12.4. The number of benzene rings is 2. The summed E-state index contributed by atoms with van der Waals surface area (Å²) < 4.78 is 5.16. The average molecular weight is 376 g/mol. The van der Waals surface area contributed by atoms with Gasteiger partial charge in [-0.05, 0) is 41.8 Å². The summed E-state index contributed by atoms with van der Waals surface area (Å²) in [7, 11) is 1.60. The van der Waals surface area contributed by atoms with Gasteiger partial charge in [0.2, 0.25) is 5.91 Å². The standard InChI is InChI=1S/C20H22ClNO4/c1-26-15-8-4-13(5-9-15)16-11-17(23)20(25)19(16)22-18(24)10-12-2-6-14(21)7-3-12/h2-9,16-17,19-20,23,25H,10-11H2,1H3,(H,22,24)/t16-,17-,19-,20-/m1/s1. The third kappa shape index (κ3) is 4.18. The van der Waals surface area contributed by atoms with E-state index in [0.717, 1.165) is 16.9 Å². The van der Waals surface area contributed by atoms with Crippen LogP contribution in [0.3, 0.4) is 0 Å². The Morgan fingerprint density at radius 1 is 1.15 bits per heavy atom. The number of amides is 1. The fourth-order valence-corrected chi connectivity index (χ4v) is 3.55. The van der Waals surface area contributed by atoms with Crippen molar-refractivity contribution in [3.05, 3.63) is 64.7 Å². The van der Waals surface area contributed by atoms with Crippen LogP contribution in [0.1, 0.15) is 23.5 Å². The van der Waals surface area contributed by atoms with E-state index in [4.69, 9.17) is 16.3 Å². The van der Waals surface area contributed by atoms with E-state index in [9.17, 15) is 15.0 Å². The number of carbonyl (C=O) groups is 1. The lowest BCUT2D eigenvalue weighted by molar-refractivity contribution is -0.122. The predicted molar refractivity (Wildman–Crippen MR) is 99.5 cm³/mol. The molecule has 1 saturated carbocycles. The molecule has 4 atom stereocenters. The molecule has 26 heavy (non-hydrogen) atoms. The third-order valence-electron chi connectivity index (χ3n) is 4.84. The molecule has 1 fully saturated rings. The number of carbonyl (C=O) groups excluding carboxylic acids is 1. The van der Waals surface area contributed by atoms with Gasteiger partial charge in [-0.15, -0.1) is 0 Å². The smallest absolute Gasteiger partial charge is 0.224 e. The Kier molecular flexibility index (Phi) is 5.81. The van der Waals surface area contributed by atoms with Crippen LogP contribution in [0.25, 0.3) is 0 Å². The van der Waals surface area contributed by atoms with Crippen molar-refractivity contribution < 1.29 is 19.7 Å². The fraction of sp³-hybridized carbons (Fsp3) is 0.350. The first-order valence-electron chi connectivity index (χ1n) is 8.52. The van der Waals surface area contributed by atoms with Crippen LogP contribution in [0.5, 0.6) is 5.75 Å². The minimum absolute atomic E-state index is 0.167. The number of aliphatic hydroxyl groups is 2. The number of rotatable bonds is 5. The molecule has 0 radical (unpaired) electrons. The van der Waals surface area contributed by atoms with E-state index in [1.807, 2.05) is 24.3 Å². The van der Waals surface area contributed by atoms with Gasteiger partial charge in [-0.1, -0.05) is 35.9 Å². The first kappa shape index (κ1) is 18.7. The minimum Gasteiger partial charge on any atom is -0.497 e. The SMILES string of the molecule is COc1ccc([C@H]2C[C@@H](O)[C@@H](O)[C@@H]2NC(=O)Cc2ccc(Cl)cc2)cc1. The molecule has 1 aliphatic carbocycles. The highest BCUT2D eigenvalue weighted by atomic mass is 35.5. The van der Waals surface area contributed by atoms with Crippen LogP contribution >= 0.6 is 11.6 Å². The molecule has 2 aromatic rings. The zero-order valence-corrected chi connectivity index (χ0v) is 15.2. The summed E-state index contributed by atoms with van der Waals surface area (Å²) >= 11 is 5.86. The number of nitrogens with one attached hydrogen (secondary N) is 1. The van der Waals surface area contributed by atoms with Gasteiger partial charge in [0.25, 0.3) is 0 Å². The van der Waals surface area contributed by atoms with Crippen molar-refractivity contribution in [2.24, 2.45) is 0 Å². The van der Waals surface area contributed by atoms with Crippen molar-refractivity contribution in [2.45, 2.75) is 37.0 Å². The van der Waals surface area contributed by atoms with Gasteiger partial charge in [0.05, 0.1) is 25.7 Å². The second-order valence-corrected chi connectivity index (χ2v) is 7.01. The van der Waals surface area contributed by atoms with E-state index < -0.39 is 18.2 Å². The summed E-state index contributed by atoms with van der Waals surface area (Å²) in [6.07, 6.45) is -1.30. The molecule has 1 aliphatic rings. The molecule has 0 aliphatic heterocycles. The van der Waals surface area contributed by atoms with Crippen molar-refractivity contribution >= 4 is 17.5 Å². The van der Waals surface area contributed by atoms with Crippen LogP contribution in [-0.4, -0.2) is 41.5 Å². The highest BCUT2D eigenvalue weighted by Gasteiger charge is 2.43. The lowest BCUT2D eigenvalue weighted by atomic mass is 9.93. The molecular weight excluding hydrogens is 354 g/mol. The monoisotopic (exact) mass is 375 g/mol. The van der Waals surface area contributed by atoms with E-state index in [0.29, 0.717) is 11.4 Å². The van der Waals surface area contributed by atoms with Crippen molar-refractivity contribution in [2.75, 3.05) is 7.11 Å². The number of hydrogen-bond acceptors (Lipinski definition) is 4. The second-order valence-electron chi connectivity index (χ2n) is 6.57. The van der Waals surface area contributed by atoms with Crippen LogP contribution in [0, 0.1) is 0 Å². The largest absolute Gasteiger partial charge is 0.497 e. The van der Waals surface area contributed by atoms with E-state index in [1.54, 1.807) is 31.4 Å². The van der Waals surface area contributed by atoms with Crippen molar-refractivity contribution in [1.29, 1.82) is 0 Å². The van der Waals surface area contributed by atoms with Gasteiger partial charge in [-0.3, -0.25) is 4.79 Å². The normalized spacial score (nSPS) is 25.1. The molecular formula is C20H22ClNO4. The van der Waals surface area contributed by atoms with E-state index in [1.165, 1.54) is 0 Å². The maximum absolute atomic E-state index is 12.4. The minimum atomic E-state index is -1.00. The lowest BCUT2D eigenvalue weighted by Crippen LogP contribution is -2.45. The molecule has 6 heteroatoms. The summed E-state index contributed by atoms with van der Waals surface area (Å²) in [6, 6.07) is 14.0. The molecule has 0 unspecified atom stereocenters.